The summed E-state index contributed by atoms with van der Waals surface area (Å²) in [6.45, 7) is 5.95. The third-order valence-corrected chi connectivity index (χ3v) is 8.51. The number of thiophene rings is 1. The molecular weight excluding hydrogens is 436 g/mol. The van der Waals surface area contributed by atoms with Crippen molar-refractivity contribution in [1.29, 1.82) is 0 Å². The minimum atomic E-state index is -0.142. The minimum Gasteiger partial charge on any atom is -0.370 e. The van der Waals surface area contributed by atoms with Gasteiger partial charge in [-0.05, 0) is 81.2 Å². The first-order valence-corrected chi connectivity index (χ1v) is 13.4. The van der Waals surface area contributed by atoms with Gasteiger partial charge in [0.05, 0.1) is 16.3 Å². The maximum absolute atomic E-state index is 12.9. The predicted molar refractivity (Wildman–Crippen MR) is 135 cm³/mol. The predicted octanol–water partition coefficient (Wildman–Crippen LogP) is 5.83. The van der Waals surface area contributed by atoms with Crippen LogP contribution in [0.5, 0.6) is 0 Å². The van der Waals surface area contributed by atoms with Gasteiger partial charge in [0.2, 0.25) is 0 Å². The number of aromatic nitrogens is 1. The van der Waals surface area contributed by atoms with E-state index in [-0.39, 0.29) is 5.91 Å². The number of thiazole rings is 1. The van der Waals surface area contributed by atoms with E-state index >= 15 is 0 Å². The number of carbonyl (C=O) groups is 1. The van der Waals surface area contributed by atoms with Gasteiger partial charge in [-0.2, -0.15) is 0 Å². The Balaban J connectivity index is 1.19. The summed E-state index contributed by atoms with van der Waals surface area (Å²) >= 11 is 3.16. The highest BCUT2D eigenvalue weighted by atomic mass is 32.1. The van der Waals surface area contributed by atoms with Crippen molar-refractivity contribution in [3.8, 4) is 9.88 Å². The van der Waals surface area contributed by atoms with Gasteiger partial charge in [-0.15, -0.1) is 22.7 Å². The van der Waals surface area contributed by atoms with E-state index in [1.807, 2.05) is 35.0 Å². The van der Waals surface area contributed by atoms with Gasteiger partial charge >= 0.3 is 0 Å². The van der Waals surface area contributed by atoms with Gasteiger partial charge in [-0.1, -0.05) is 18.2 Å². The van der Waals surface area contributed by atoms with Crippen molar-refractivity contribution in [2.24, 2.45) is 5.92 Å². The lowest BCUT2D eigenvalue weighted by Gasteiger charge is -2.35. The van der Waals surface area contributed by atoms with Crippen molar-refractivity contribution in [3.63, 3.8) is 0 Å². The summed E-state index contributed by atoms with van der Waals surface area (Å²) < 4.78 is 0. The van der Waals surface area contributed by atoms with Gasteiger partial charge in [0, 0.05) is 18.5 Å². The van der Waals surface area contributed by atoms with Crippen LogP contribution in [0.15, 0.2) is 47.2 Å². The summed E-state index contributed by atoms with van der Waals surface area (Å²) in [5.74, 6) is 0.677. The van der Waals surface area contributed by atoms with E-state index in [0.717, 1.165) is 40.3 Å². The molecular formula is C25H30N4OS2. The van der Waals surface area contributed by atoms with Crippen LogP contribution in [0.3, 0.4) is 0 Å². The molecule has 2 saturated heterocycles. The van der Waals surface area contributed by atoms with Crippen LogP contribution in [-0.2, 0) is 0 Å². The number of hydrogen-bond acceptors (Lipinski definition) is 6. The molecule has 1 amide bonds. The zero-order valence-corrected chi connectivity index (χ0v) is 20.0. The lowest BCUT2D eigenvalue weighted by atomic mass is 9.93. The molecule has 1 N–H and O–H groups in total. The molecule has 3 aromatic rings. The van der Waals surface area contributed by atoms with Crippen LogP contribution < -0.4 is 10.2 Å². The van der Waals surface area contributed by atoms with E-state index in [9.17, 15) is 4.79 Å². The third kappa shape index (κ3) is 5.05. The van der Waals surface area contributed by atoms with Crippen molar-refractivity contribution in [3.05, 3.63) is 52.9 Å². The summed E-state index contributed by atoms with van der Waals surface area (Å²) in [4.78, 5) is 23.6. The van der Waals surface area contributed by atoms with Gasteiger partial charge in [0.15, 0.2) is 0 Å². The van der Waals surface area contributed by atoms with Gasteiger partial charge in [-0.25, -0.2) is 4.98 Å². The maximum atomic E-state index is 12.9. The van der Waals surface area contributed by atoms with E-state index < -0.39 is 0 Å². The smallest absolute Gasteiger partial charge is 0.275 e. The van der Waals surface area contributed by atoms with Crippen LogP contribution in [0, 0.1) is 5.92 Å². The molecule has 0 aliphatic carbocycles. The van der Waals surface area contributed by atoms with Crippen molar-refractivity contribution in [1.82, 2.24) is 9.88 Å². The van der Waals surface area contributed by atoms with E-state index in [4.69, 9.17) is 0 Å². The second kappa shape index (κ2) is 10.1. The molecule has 2 aliphatic rings. The second-order valence-corrected chi connectivity index (χ2v) is 10.6. The zero-order chi connectivity index (χ0) is 21.8. The van der Waals surface area contributed by atoms with Crippen molar-refractivity contribution < 1.29 is 4.79 Å². The molecule has 2 aromatic heterocycles. The topological polar surface area (TPSA) is 48.5 Å². The number of para-hydroxylation sites is 2. The first kappa shape index (κ1) is 21.6. The maximum Gasteiger partial charge on any atom is 0.275 e. The van der Waals surface area contributed by atoms with Crippen LogP contribution in [0.2, 0.25) is 0 Å². The van der Waals surface area contributed by atoms with Crippen LogP contribution in [0.4, 0.5) is 11.4 Å². The molecule has 5 rings (SSSR count). The Morgan fingerprint density at radius 2 is 1.84 bits per heavy atom. The molecule has 2 fully saturated rings. The highest BCUT2D eigenvalue weighted by molar-refractivity contribution is 7.20. The second-order valence-electron chi connectivity index (χ2n) is 8.75. The molecule has 5 nitrogen and oxygen atoms in total. The number of nitrogens with one attached hydrogen (secondary N) is 1. The Labute approximate surface area is 198 Å². The number of anilines is 2. The van der Waals surface area contributed by atoms with Gasteiger partial charge < -0.3 is 15.1 Å². The number of rotatable bonds is 7. The highest BCUT2D eigenvalue weighted by Gasteiger charge is 2.23. The molecule has 0 saturated carbocycles. The fourth-order valence-corrected chi connectivity index (χ4v) is 6.38. The molecule has 0 unspecified atom stereocenters. The molecule has 4 heterocycles. The Hall–Kier alpha value is -2.22. The minimum absolute atomic E-state index is 0.142. The summed E-state index contributed by atoms with van der Waals surface area (Å²) in [5.41, 5.74) is 2.47. The number of nitrogens with zero attached hydrogens (tertiary/aromatic N) is 3. The average molecular weight is 467 g/mol. The quantitative estimate of drug-likeness (QED) is 0.476. The summed E-state index contributed by atoms with van der Waals surface area (Å²) in [5, 5.41) is 7.89. The summed E-state index contributed by atoms with van der Waals surface area (Å²) in [7, 11) is 0. The lowest BCUT2D eigenvalue weighted by Crippen LogP contribution is -2.35. The van der Waals surface area contributed by atoms with Crippen molar-refractivity contribution in [2.45, 2.75) is 32.1 Å². The molecule has 32 heavy (non-hydrogen) atoms. The highest BCUT2D eigenvalue weighted by Crippen LogP contribution is 2.32. The molecule has 0 bridgehead atoms. The molecule has 7 heteroatoms. The number of carbonyl (C=O) groups excluding carboxylic acids is 1. The summed E-state index contributed by atoms with van der Waals surface area (Å²) in [6.07, 6.45) is 6.52. The third-order valence-electron chi connectivity index (χ3n) is 6.63. The van der Waals surface area contributed by atoms with Crippen molar-refractivity contribution >= 4 is 40.0 Å². The Bertz CT molecular complexity index is 1020. The number of likely N-dealkylation sites (tertiary alicyclic amines) is 1. The molecule has 2 aliphatic heterocycles. The van der Waals surface area contributed by atoms with E-state index in [2.05, 4.69) is 32.2 Å². The standard InChI is InChI=1S/C25H30N4OS2/c30-24(21-18-32-25(27-21)23-8-5-17-31-23)26-20-6-1-2-7-22(20)29-15-10-19(11-16-29)9-14-28-12-3-4-13-28/h1-2,5-8,17-19H,3-4,9-16H2,(H,26,30). The van der Waals surface area contributed by atoms with E-state index in [1.165, 1.54) is 63.1 Å². The van der Waals surface area contributed by atoms with Crippen LogP contribution >= 0.6 is 22.7 Å². The zero-order valence-electron chi connectivity index (χ0n) is 18.3. The Kier molecular flexibility index (Phi) is 6.86. The molecule has 168 valence electrons. The fourth-order valence-electron chi connectivity index (χ4n) is 4.77. The van der Waals surface area contributed by atoms with Gasteiger partial charge in [-0.3, -0.25) is 4.79 Å². The number of piperidine rings is 1. The molecule has 0 spiro atoms. The van der Waals surface area contributed by atoms with Crippen LogP contribution in [0.25, 0.3) is 9.88 Å². The number of amides is 1. The molecule has 1 aromatic carbocycles. The van der Waals surface area contributed by atoms with Crippen LogP contribution in [-0.4, -0.2) is 48.5 Å². The fraction of sp³-hybridized carbons (Fsp3) is 0.440. The lowest BCUT2D eigenvalue weighted by molar-refractivity contribution is 0.102. The number of benzene rings is 1. The van der Waals surface area contributed by atoms with Gasteiger partial charge in [0.1, 0.15) is 10.7 Å². The van der Waals surface area contributed by atoms with Crippen molar-refractivity contribution in [2.75, 3.05) is 42.9 Å². The van der Waals surface area contributed by atoms with E-state index in [0.29, 0.717) is 5.69 Å². The Morgan fingerprint density at radius 3 is 2.62 bits per heavy atom. The van der Waals surface area contributed by atoms with Gasteiger partial charge in [0.25, 0.3) is 5.91 Å². The first-order chi connectivity index (χ1) is 15.8. The monoisotopic (exact) mass is 466 g/mol. The molecule has 0 atom stereocenters. The SMILES string of the molecule is O=C(Nc1ccccc1N1CCC(CCN2CCCC2)CC1)c1csc(-c2cccs2)n1. The van der Waals surface area contributed by atoms with Crippen LogP contribution in [0.1, 0.15) is 42.6 Å². The number of hydrogen-bond donors (Lipinski definition) is 1. The average Bonchev–Trinajstić information content (AvgIpc) is 3.61. The Morgan fingerprint density at radius 1 is 1.03 bits per heavy atom. The summed E-state index contributed by atoms with van der Waals surface area (Å²) in [6, 6.07) is 12.2. The normalized spacial score (nSPS) is 17.7. The largest absolute Gasteiger partial charge is 0.370 e. The molecule has 0 radical (unpaired) electrons. The first-order valence-electron chi connectivity index (χ1n) is 11.6. The van der Waals surface area contributed by atoms with E-state index in [1.54, 1.807) is 11.3 Å².